The van der Waals surface area contributed by atoms with Gasteiger partial charge in [0.25, 0.3) is 0 Å². The van der Waals surface area contributed by atoms with Crippen molar-refractivity contribution in [1.29, 1.82) is 0 Å². The van der Waals surface area contributed by atoms with E-state index in [9.17, 15) is 13.2 Å². The molecule has 0 aromatic heterocycles. The molecule has 8 heteroatoms. The summed E-state index contributed by atoms with van der Waals surface area (Å²) in [6.45, 7) is 3.80. The molecule has 2 rings (SSSR count). The minimum absolute atomic E-state index is 0.0493. The Morgan fingerprint density at radius 3 is 2.75 bits per heavy atom. The van der Waals surface area contributed by atoms with E-state index in [0.29, 0.717) is 23.5 Å². The zero-order valence-corrected chi connectivity index (χ0v) is 14.8. The monoisotopic (exact) mass is 354 g/mol. The number of methoxy groups -OCH3 is 1. The van der Waals surface area contributed by atoms with Gasteiger partial charge in [-0.15, -0.1) is 0 Å². The predicted octanol–water partition coefficient (Wildman–Crippen LogP) is 1.37. The summed E-state index contributed by atoms with van der Waals surface area (Å²) < 4.78 is 33.8. The fourth-order valence-electron chi connectivity index (χ4n) is 2.42. The SMILES string of the molecule is COc1cccc(/C=N\NC(=O)[C@@H]2CCS(=O)(=O)C2)c1OC(C)C. The van der Waals surface area contributed by atoms with E-state index < -0.39 is 15.8 Å². The number of ether oxygens (including phenoxy) is 2. The van der Waals surface area contributed by atoms with Crippen molar-refractivity contribution in [1.82, 2.24) is 5.43 Å². The number of carbonyl (C=O) groups excluding carboxylic acids is 1. The molecule has 0 unspecified atom stereocenters. The van der Waals surface area contributed by atoms with Gasteiger partial charge in [-0.3, -0.25) is 4.79 Å². The minimum atomic E-state index is -3.10. The van der Waals surface area contributed by atoms with Crippen LogP contribution in [-0.2, 0) is 14.6 Å². The normalized spacial score (nSPS) is 19.6. The van der Waals surface area contributed by atoms with E-state index in [1.54, 1.807) is 25.3 Å². The van der Waals surface area contributed by atoms with Crippen LogP contribution in [0, 0.1) is 5.92 Å². The van der Waals surface area contributed by atoms with Crippen LogP contribution in [0.4, 0.5) is 0 Å². The van der Waals surface area contributed by atoms with Crippen LogP contribution in [0.5, 0.6) is 11.5 Å². The highest BCUT2D eigenvalue weighted by atomic mass is 32.2. The average molecular weight is 354 g/mol. The van der Waals surface area contributed by atoms with Gasteiger partial charge in [-0.25, -0.2) is 13.8 Å². The topological polar surface area (TPSA) is 94.1 Å². The number of carbonyl (C=O) groups is 1. The Morgan fingerprint density at radius 2 is 2.17 bits per heavy atom. The molecule has 1 N–H and O–H groups in total. The first-order valence-corrected chi connectivity index (χ1v) is 9.51. The summed E-state index contributed by atoms with van der Waals surface area (Å²) in [5, 5.41) is 3.92. The third-order valence-corrected chi connectivity index (χ3v) is 5.33. The molecule has 7 nitrogen and oxygen atoms in total. The lowest BCUT2D eigenvalue weighted by molar-refractivity contribution is -0.124. The van der Waals surface area contributed by atoms with E-state index in [2.05, 4.69) is 10.5 Å². The molecule has 0 spiro atoms. The van der Waals surface area contributed by atoms with Crippen LogP contribution in [0.25, 0.3) is 0 Å². The highest BCUT2D eigenvalue weighted by Gasteiger charge is 2.32. The third kappa shape index (κ3) is 4.70. The predicted molar refractivity (Wildman–Crippen MR) is 91.3 cm³/mol. The van der Waals surface area contributed by atoms with E-state index in [1.807, 2.05) is 13.8 Å². The first-order chi connectivity index (χ1) is 11.3. The molecule has 1 aliphatic rings. The molecule has 24 heavy (non-hydrogen) atoms. The lowest BCUT2D eigenvalue weighted by atomic mass is 10.1. The Hall–Kier alpha value is -2.09. The van der Waals surface area contributed by atoms with E-state index in [1.165, 1.54) is 6.21 Å². The summed E-state index contributed by atoms with van der Waals surface area (Å²) in [6, 6.07) is 5.35. The van der Waals surface area contributed by atoms with Gasteiger partial charge in [-0.2, -0.15) is 5.10 Å². The highest BCUT2D eigenvalue weighted by molar-refractivity contribution is 7.91. The molecule has 0 saturated carbocycles. The van der Waals surface area contributed by atoms with Crippen LogP contribution < -0.4 is 14.9 Å². The largest absolute Gasteiger partial charge is 0.493 e. The first kappa shape index (κ1) is 18.3. The molecule has 0 radical (unpaired) electrons. The van der Waals surface area contributed by atoms with Crippen molar-refractivity contribution in [3.05, 3.63) is 23.8 Å². The molecule has 132 valence electrons. The number of benzene rings is 1. The van der Waals surface area contributed by atoms with E-state index in [4.69, 9.17) is 9.47 Å². The standard InChI is InChI=1S/C16H22N2O5S/c1-11(2)23-15-12(5-4-6-14(15)22-3)9-17-18-16(19)13-7-8-24(20,21)10-13/h4-6,9,11,13H,7-8,10H2,1-3H3,(H,18,19)/b17-9-/t13-/m1/s1. The third-order valence-electron chi connectivity index (χ3n) is 3.56. The Morgan fingerprint density at radius 1 is 1.42 bits per heavy atom. The van der Waals surface area contributed by atoms with Crippen LogP contribution in [0.3, 0.4) is 0 Å². The maximum atomic E-state index is 12.0. The lowest BCUT2D eigenvalue weighted by Gasteiger charge is -2.15. The molecular formula is C16H22N2O5S. The lowest BCUT2D eigenvalue weighted by Crippen LogP contribution is -2.27. The molecule has 1 aliphatic heterocycles. The van der Waals surface area contributed by atoms with Crippen molar-refractivity contribution >= 4 is 22.0 Å². The van der Waals surface area contributed by atoms with E-state index >= 15 is 0 Å². The summed E-state index contributed by atoms with van der Waals surface area (Å²) in [6.07, 6.45) is 1.75. The number of rotatable bonds is 6. The van der Waals surface area contributed by atoms with Gasteiger partial charge in [-0.1, -0.05) is 6.07 Å². The molecule has 1 aromatic rings. The molecule has 1 saturated heterocycles. The van der Waals surface area contributed by atoms with Crippen molar-refractivity contribution in [2.45, 2.75) is 26.4 Å². The Bertz CT molecular complexity index is 728. The summed E-state index contributed by atoms with van der Waals surface area (Å²) in [4.78, 5) is 12.0. The summed E-state index contributed by atoms with van der Waals surface area (Å²) in [7, 11) is -1.55. The number of hydrogen-bond acceptors (Lipinski definition) is 6. The van der Waals surface area contributed by atoms with Crippen LogP contribution >= 0.6 is 0 Å². The van der Waals surface area contributed by atoms with Crippen LogP contribution in [0.15, 0.2) is 23.3 Å². The van der Waals surface area contributed by atoms with Crippen LogP contribution in [0.2, 0.25) is 0 Å². The van der Waals surface area contributed by atoms with Crippen molar-refractivity contribution in [3.8, 4) is 11.5 Å². The van der Waals surface area contributed by atoms with Crippen molar-refractivity contribution in [2.24, 2.45) is 11.0 Å². The smallest absolute Gasteiger partial charge is 0.244 e. The number of nitrogens with zero attached hydrogens (tertiary/aromatic N) is 1. The number of sulfone groups is 1. The fourth-order valence-corrected chi connectivity index (χ4v) is 4.16. The van der Waals surface area contributed by atoms with Gasteiger partial charge in [0.15, 0.2) is 21.3 Å². The van der Waals surface area contributed by atoms with E-state index in [-0.39, 0.29) is 23.5 Å². The van der Waals surface area contributed by atoms with Gasteiger partial charge in [0, 0.05) is 5.56 Å². The Labute approximate surface area is 142 Å². The van der Waals surface area contributed by atoms with Gasteiger partial charge in [0.05, 0.1) is 36.9 Å². The zero-order chi connectivity index (χ0) is 17.7. The van der Waals surface area contributed by atoms with Crippen molar-refractivity contribution in [3.63, 3.8) is 0 Å². The van der Waals surface area contributed by atoms with Gasteiger partial charge in [0.2, 0.25) is 5.91 Å². The second-order valence-electron chi connectivity index (χ2n) is 5.88. The molecular weight excluding hydrogens is 332 g/mol. The molecule has 1 atom stereocenters. The zero-order valence-electron chi connectivity index (χ0n) is 14.0. The maximum absolute atomic E-state index is 12.0. The quantitative estimate of drug-likeness (QED) is 0.615. The second kappa shape index (κ2) is 7.65. The number of nitrogens with one attached hydrogen (secondary N) is 1. The number of hydrazone groups is 1. The maximum Gasteiger partial charge on any atom is 0.244 e. The summed E-state index contributed by atoms with van der Waals surface area (Å²) in [5.74, 6) is 0.120. The van der Waals surface area contributed by atoms with Gasteiger partial charge in [-0.05, 0) is 32.4 Å². The van der Waals surface area contributed by atoms with Crippen LogP contribution in [0.1, 0.15) is 25.8 Å². The summed E-state index contributed by atoms with van der Waals surface area (Å²) in [5.41, 5.74) is 3.05. The molecule has 0 bridgehead atoms. The highest BCUT2D eigenvalue weighted by Crippen LogP contribution is 2.30. The Balaban J connectivity index is 2.07. The van der Waals surface area contributed by atoms with Crippen molar-refractivity contribution in [2.75, 3.05) is 18.6 Å². The first-order valence-electron chi connectivity index (χ1n) is 7.69. The van der Waals surface area contributed by atoms with Gasteiger partial charge in [0.1, 0.15) is 0 Å². The number of para-hydroxylation sites is 1. The fraction of sp³-hybridized carbons (Fsp3) is 0.500. The van der Waals surface area contributed by atoms with Gasteiger partial charge < -0.3 is 9.47 Å². The average Bonchev–Trinajstić information content (AvgIpc) is 2.88. The number of hydrogen-bond donors (Lipinski definition) is 1. The second-order valence-corrected chi connectivity index (χ2v) is 8.11. The molecule has 1 amide bonds. The van der Waals surface area contributed by atoms with Crippen LogP contribution in [-0.4, -0.2) is 45.3 Å². The minimum Gasteiger partial charge on any atom is -0.493 e. The molecule has 1 heterocycles. The van der Waals surface area contributed by atoms with Crippen molar-refractivity contribution < 1.29 is 22.7 Å². The Kier molecular flexibility index (Phi) is 5.82. The van der Waals surface area contributed by atoms with Gasteiger partial charge >= 0.3 is 0 Å². The molecule has 1 aromatic carbocycles. The molecule has 0 aliphatic carbocycles. The molecule has 1 fully saturated rings. The number of amides is 1. The van der Waals surface area contributed by atoms with E-state index in [0.717, 1.165) is 0 Å². The summed E-state index contributed by atoms with van der Waals surface area (Å²) >= 11 is 0.